The van der Waals surface area contributed by atoms with Crippen LogP contribution in [0.1, 0.15) is 23.3 Å². The van der Waals surface area contributed by atoms with Crippen molar-refractivity contribution in [2.24, 2.45) is 5.92 Å². The lowest BCUT2D eigenvalue weighted by molar-refractivity contribution is -0.117. The van der Waals surface area contributed by atoms with Crippen LogP contribution >= 0.6 is 11.6 Å². The third-order valence-corrected chi connectivity index (χ3v) is 3.56. The average Bonchev–Trinajstić information content (AvgIpc) is 3.28. The third-order valence-electron chi connectivity index (χ3n) is 3.32. The predicted octanol–water partition coefficient (Wildman–Crippen LogP) is 2.94. The number of hydrogen-bond acceptors (Lipinski definition) is 5. The van der Waals surface area contributed by atoms with Gasteiger partial charge in [-0.15, -0.1) is 0 Å². The first kappa shape index (κ1) is 15.4. The molecule has 0 saturated heterocycles. The molecule has 2 amide bonds. The van der Waals surface area contributed by atoms with Gasteiger partial charge in [0.15, 0.2) is 5.69 Å². The lowest BCUT2D eigenvalue weighted by Gasteiger charge is -2.09. The minimum atomic E-state index is -0.499. The molecule has 1 aliphatic rings. The molecule has 2 N–H and O–H groups in total. The van der Waals surface area contributed by atoms with Crippen molar-refractivity contribution in [3.8, 4) is 5.75 Å². The van der Waals surface area contributed by atoms with Crippen LogP contribution in [0.5, 0.6) is 5.75 Å². The standard InChI is InChI=1S/C15H14ClN3O4/c1-22-12-5-4-9(16)6-10(12)17-14(21)11-7-23-15(18-11)19-13(20)8-2-3-8/h4-8H,2-3H2,1H3,(H,17,21)(H,18,19,20). The Morgan fingerprint density at radius 1 is 1.35 bits per heavy atom. The Hall–Kier alpha value is -2.54. The number of benzene rings is 1. The van der Waals surface area contributed by atoms with Crippen LogP contribution in [-0.2, 0) is 4.79 Å². The topological polar surface area (TPSA) is 93.5 Å². The van der Waals surface area contributed by atoms with Crippen molar-refractivity contribution >= 4 is 35.1 Å². The molecule has 1 aromatic carbocycles. The van der Waals surface area contributed by atoms with Gasteiger partial charge in [-0.1, -0.05) is 11.6 Å². The maximum Gasteiger partial charge on any atom is 0.302 e. The molecule has 1 saturated carbocycles. The van der Waals surface area contributed by atoms with Crippen LogP contribution in [0.4, 0.5) is 11.7 Å². The molecule has 3 rings (SSSR count). The first-order chi connectivity index (χ1) is 11.1. The van der Waals surface area contributed by atoms with E-state index in [4.69, 9.17) is 20.8 Å². The van der Waals surface area contributed by atoms with E-state index in [0.29, 0.717) is 16.5 Å². The second-order valence-electron chi connectivity index (χ2n) is 5.10. The normalized spacial score (nSPS) is 13.5. The summed E-state index contributed by atoms with van der Waals surface area (Å²) in [6, 6.07) is 4.86. The maximum absolute atomic E-state index is 12.2. The SMILES string of the molecule is COc1ccc(Cl)cc1NC(=O)c1coc(NC(=O)C2CC2)n1. The lowest BCUT2D eigenvalue weighted by Crippen LogP contribution is -2.15. The highest BCUT2D eigenvalue weighted by molar-refractivity contribution is 6.31. The van der Waals surface area contributed by atoms with Gasteiger partial charge < -0.3 is 14.5 Å². The zero-order valence-corrected chi connectivity index (χ0v) is 13.0. The number of oxazole rings is 1. The van der Waals surface area contributed by atoms with Crippen LogP contribution in [0, 0.1) is 5.92 Å². The molecule has 8 heteroatoms. The summed E-state index contributed by atoms with van der Waals surface area (Å²) in [5.74, 6) is -0.153. The molecule has 7 nitrogen and oxygen atoms in total. The van der Waals surface area contributed by atoms with Gasteiger partial charge in [0.05, 0.1) is 12.8 Å². The second-order valence-corrected chi connectivity index (χ2v) is 5.54. The Kier molecular flexibility index (Phi) is 4.20. The van der Waals surface area contributed by atoms with E-state index in [1.807, 2.05) is 0 Å². The van der Waals surface area contributed by atoms with Crippen molar-refractivity contribution in [2.75, 3.05) is 17.7 Å². The summed E-state index contributed by atoms with van der Waals surface area (Å²) < 4.78 is 10.2. The van der Waals surface area contributed by atoms with Crippen molar-refractivity contribution in [1.82, 2.24) is 4.98 Å². The quantitative estimate of drug-likeness (QED) is 0.876. The molecule has 0 radical (unpaired) electrons. The number of carbonyl (C=O) groups is 2. The van der Waals surface area contributed by atoms with Crippen LogP contribution in [0.2, 0.25) is 5.02 Å². The highest BCUT2D eigenvalue weighted by Crippen LogP contribution is 2.30. The Morgan fingerprint density at radius 3 is 2.83 bits per heavy atom. The summed E-state index contributed by atoms with van der Waals surface area (Å²) in [5.41, 5.74) is 0.453. The molecule has 1 heterocycles. The largest absolute Gasteiger partial charge is 0.495 e. The molecule has 0 unspecified atom stereocenters. The minimum absolute atomic E-state index is 0.00473. The summed E-state index contributed by atoms with van der Waals surface area (Å²) in [5, 5.41) is 5.63. The van der Waals surface area contributed by atoms with Crippen molar-refractivity contribution in [3.05, 3.63) is 35.2 Å². The Balaban J connectivity index is 1.70. The maximum atomic E-state index is 12.2. The van der Waals surface area contributed by atoms with E-state index in [0.717, 1.165) is 12.8 Å². The molecule has 0 bridgehead atoms. The van der Waals surface area contributed by atoms with Gasteiger partial charge in [0.1, 0.15) is 12.0 Å². The van der Waals surface area contributed by atoms with Crippen LogP contribution in [-0.4, -0.2) is 23.9 Å². The second kappa shape index (κ2) is 6.29. The van der Waals surface area contributed by atoms with E-state index in [2.05, 4.69) is 15.6 Å². The van der Waals surface area contributed by atoms with E-state index in [1.165, 1.54) is 13.4 Å². The highest BCUT2D eigenvalue weighted by atomic mass is 35.5. The summed E-state index contributed by atoms with van der Waals surface area (Å²) in [6.07, 6.45) is 2.91. The molecular weight excluding hydrogens is 322 g/mol. The summed E-state index contributed by atoms with van der Waals surface area (Å²) in [4.78, 5) is 27.8. The number of amides is 2. The van der Waals surface area contributed by atoms with Crippen molar-refractivity contribution in [3.63, 3.8) is 0 Å². The molecule has 0 aliphatic heterocycles. The number of anilines is 2. The average molecular weight is 336 g/mol. The van der Waals surface area contributed by atoms with Crippen molar-refractivity contribution in [2.45, 2.75) is 12.8 Å². The van der Waals surface area contributed by atoms with Crippen LogP contribution < -0.4 is 15.4 Å². The van der Waals surface area contributed by atoms with Gasteiger partial charge in [-0.05, 0) is 31.0 Å². The van der Waals surface area contributed by atoms with Gasteiger partial charge in [-0.2, -0.15) is 4.98 Å². The van der Waals surface area contributed by atoms with E-state index in [1.54, 1.807) is 18.2 Å². The minimum Gasteiger partial charge on any atom is -0.495 e. The molecule has 0 spiro atoms. The van der Waals surface area contributed by atoms with Crippen molar-refractivity contribution in [1.29, 1.82) is 0 Å². The Labute approximate surface area is 137 Å². The fraction of sp³-hybridized carbons (Fsp3) is 0.267. The highest BCUT2D eigenvalue weighted by Gasteiger charge is 2.30. The smallest absolute Gasteiger partial charge is 0.302 e. The fourth-order valence-electron chi connectivity index (χ4n) is 1.95. The lowest BCUT2D eigenvalue weighted by atomic mass is 10.3. The van der Waals surface area contributed by atoms with Gasteiger partial charge >= 0.3 is 6.01 Å². The molecule has 2 aromatic rings. The number of aromatic nitrogens is 1. The molecule has 120 valence electrons. The van der Waals surface area contributed by atoms with E-state index < -0.39 is 5.91 Å². The molecule has 1 aliphatic carbocycles. The third kappa shape index (κ3) is 3.62. The van der Waals surface area contributed by atoms with Gasteiger partial charge in [-0.3, -0.25) is 14.9 Å². The summed E-state index contributed by atoms with van der Waals surface area (Å²) >= 11 is 5.91. The van der Waals surface area contributed by atoms with Gasteiger partial charge in [0, 0.05) is 10.9 Å². The Bertz CT molecular complexity index is 755. The van der Waals surface area contributed by atoms with Gasteiger partial charge in [-0.25, -0.2) is 0 Å². The molecule has 1 fully saturated rings. The number of ether oxygens (including phenoxy) is 1. The number of carbonyl (C=O) groups excluding carboxylic acids is 2. The van der Waals surface area contributed by atoms with Crippen LogP contribution in [0.3, 0.4) is 0 Å². The first-order valence-electron chi connectivity index (χ1n) is 6.98. The number of methoxy groups -OCH3 is 1. The number of hydrogen-bond donors (Lipinski definition) is 2. The molecule has 1 aromatic heterocycles. The first-order valence-corrected chi connectivity index (χ1v) is 7.36. The van der Waals surface area contributed by atoms with Crippen molar-refractivity contribution < 1.29 is 18.7 Å². The predicted molar refractivity (Wildman–Crippen MR) is 83.8 cm³/mol. The number of rotatable bonds is 5. The zero-order valence-electron chi connectivity index (χ0n) is 12.3. The van der Waals surface area contributed by atoms with Crippen LogP contribution in [0.15, 0.2) is 28.9 Å². The van der Waals surface area contributed by atoms with Gasteiger partial charge in [0.2, 0.25) is 5.91 Å². The summed E-state index contributed by atoms with van der Waals surface area (Å²) in [7, 11) is 1.49. The van der Waals surface area contributed by atoms with E-state index in [9.17, 15) is 9.59 Å². The molecule has 0 atom stereocenters. The van der Waals surface area contributed by atoms with Crippen LogP contribution in [0.25, 0.3) is 0 Å². The monoisotopic (exact) mass is 335 g/mol. The number of nitrogens with one attached hydrogen (secondary N) is 2. The zero-order chi connectivity index (χ0) is 16.4. The summed E-state index contributed by atoms with van der Waals surface area (Å²) in [6.45, 7) is 0. The molecular formula is C15H14ClN3O4. The Morgan fingerprint density at radius 2 is 2.13 bits per heavy atom. The number of halogens is 1. The fourth-order valence-corrected chi connectivity index (χ4v) is 2.12. The van der Waals surface area contributed by atoms with E-state index in [-0.39, 0.29) is 23.5 Å². The number of nitrogens with zero attached hydrogens (tertiary/aromatic N) is 1. The van der Waals surface area contributed by atoms with E-state index >= 15 is 0 Å². The van der Waals surface area contributed by atoms with Gasteiger partial charge in [0.25, 0.3) is 5.91 Å². The molecule has 23 heavy (non-hydrogen) atoms.